The zero-order valence-corrected chi connectivity index (χ0v) is 27.5. The Kier molecular flexibility index (Phi) is 10.4. The predicted octanol–water partition coefficient (Wildman–Crippen LogP) is 6.27. The van der Waals surface area contributed by atoms with E-state index < -0.39 is 9.84 Å². The summed E-state index contributed by atoms with van der Waals surface area (Å²) in [6, 6.07) is 20.2. The first-order valence-electron chi connectivity index (χ1n) is 15.8. The van der Waals surface area contributed by atoms with Gasteiger partial charge in [-0.1, -0.05) is 48.0 Å². The van der Waals surface area contributed by atoms with Crippen LogP contribution in [0.5, 0.6) is 11.5 Å². The van der Waals surface area contributed by atoms with Crippen molar-refractivity contribution in [3.05, 3.63) is 112 Å². The molecule has 1 fully saturated rings. The molecule has 2 aliphatic rings. The Morgan fingerprint density at radius 1 is 1.04 bits per heavy atom. The van der Waals surface area contributed by atoms with Crippen LogP contribution in [-0.4, -0.2) is 56.0 Å². The van der Waals surface area contributed by atoms with Crippen molar-refractivity contribution in [2.24, 2.45) is 0 Å². The van der Waals surface area contributed by atoms with Gasteiger partial charge < -0.3 is 19.7 Å². The molecular formula is C36H36ClFN4O4S. The van der Waals surface area contributed by atoms with E-state index in [1.165, 1.54) is 12.3 Å². The Hall–Kier alpha value is -4.01. The monoisotopic (exact) mass is 674 g/mol. The van der Waals surface area contributed by atoms with Gasteiger partial charge in [-0.05, 0) is 67.2 Å². The Morgan fingerprint density at radius 3 is 2.66 bits per heavy atom. The van der Waals surface area contributed by atoms with Crippen LogP contribution in [0.2, 0.25) is 5.02 Å². The van der Waals surface area contributed by atoms with Crippen LogP contribution in [0, 0.1) is 17.1 Å². The molecule has 244 valence electrons. The van der Waals surface area contributed by atoms with Crippen molar-refractivity contribution in [1.29, 1.82) is 5.26 Å². The van der Waals surface area contributed by atoms with Gasteiger partial charge in [0, 0.05) is 54.8 Å². The lowest BCUT2D eigenvalue weighted by molar-refractivity contribution is 0.206. The fourth-order valence-electron chi connectivity index (χ4n) is 6.18. The average molecular weight is 675 g/mol. The third-order valence-corrected chi connectivity index (χ3v) is 10.6. The van der Waals surface area contributed by atoms with Gasteiger partial charge in [-0.15, -0.1) is 0 Å². The fraction of sp³-hybridized carbons (Fsp3) is 0.333. The van der Waals surface area contributed by atoms with Crippen molar-refractivity contribution < 1.29 is 22.3 Å². The van der Waals surface area contributed by atoms with Crippen LogP contribution in [0.4, 0.5) is 4.39 Å². The number of sulfone groups is 1. The van der Waals surface area contributed by atoms with E-state index in [1.54, 1.807) is 24.4 Å². The number of benzene rings is 3. The minimum atomic E-state index is -2.89. The van der Waals surface area contributed by atoms with Gasteiger partial charge in [0.05, 0.1) is 22.1 Å². The van der Waals surface area contributed by atoms with Crippen LogP contribution >= 0.6 is 11.6 Å². The smallest absolute Gasteiger partial charge is 0.152 e. The van der Waals surface area contributed by atoms with E-state index in [4.69, 9.17) is 21.1 Å². The average Bonchev–Trinajstić information content (AvgIpc) is 3.49. The molecule has 11 heteroatoms. The number of nitrogens with zero attached hydrogens (tertiary/aromatic N) is 3. The molecule has 1 saturated heterocycles. The first kappa shape index (κ1) is 32.9. The number of hydrogen-bond acceptors (Lipinski definition) is 8. The zero-order chi connectivity index (χ0) is 32.8. The van der Waals surface area contributed by atoms with E-state index in [9.17, 15) is 18.1 Å². The van der Waals surface area contributed by atoms with E-state index in [0.717, 1.165) is 60.2 Å². The van der Waals surface area contributed by atoms with E-state index in [-0.39, 0.29) is 30.0 Å². The topological polar surface area (TPSA) is 105 Å². The predicted molar refractivity (Wildman–Crippen MR) is 180 cm³/mol. The SMILES string of the molecule is N#Cc1cncc(COc2cc(O[C@H]3CCc4c(-c5ccccc5F)cccc43)c(Cl)cc2CNCCCN2CCS(=O)(=O)CC2)c1. The standard InChI is InChI=1S/C36H36ClFN4O4S/c37-32-18-27(23-40-11-4-12-42-13-15-47(43,44)16-14-42)35(45-24-26-17-25(20-39)21-41-22-26)19-36(32)46-34-10-9-29-28(6-3-7-31(29)34)30-5-1-2-8-33(30)38/h1-3,5-8,17-19,21-22,34,40H,4,9-16,23-24H2/t34-/m0/s1. The van der Waals surface area contributed by atoms with Crippen molar-refractivity contribution in [3.63, 3.8) is 0 Å². The number of pyridine rings is 1. The molecule has 0 radical (unpaired) electrons. The van der Waals surface area contributed by atoms with Gasteiger partial charge in [-0.2, -0.15) is 5.26 Å². The lowest BCUT2D eigenvalue weighted by Gasteiger charge is -2.26. The molecule has 8 nitrogen and oxygen atoms in total. The summed E-state index contributed by atoms with van der Waals surface area (Å²) in [6.45, 7) is 3.41. The molecule has 0 spiro atoms. The maximum atomic E-state index is 14.7. The fourth-order valence-corrected chi connectivity index (χ4v) is 7.68. The molecule has 0 bridgehead atoms. The highest BCUT2D eigenvalue weighted by Crippen LogP contribution is 2.43. The summed E-state index contributed by atoms with van der Waals surface area (Å²) in [5.74, 6) is 1.28. The minimum Gasteiger partial charge on any atom is -0.488 e. The zero-order valence-electron chi connectivity index (χ0n) is 25.9. The van der Waals surface area contributed by atoms with Gasteiger partial charge in [-0.25, -0.2) is 12.8 Å². The van der Waals surface area contributed by atoms with Crippen molar-refractivity contribution in [1.82, 2.24) is 15.2 Å². The lowest BCUT2D eigenvalue weighted by Crippen LogP contribution is -2.41. The van der Waals surface area contributed by atoms with Crippen molar-refractivity contribution in [2.75, 3.05) is 37.7 Å². The molecule has 6 rings (SSSR count). The molecule has 1 aromatic heterocycles. The third-order valence-electron chi connectivity index (χ3n) is 8.66. The first-order valence-corrected chi connectivity index (χ1v) is 18.0. The van der Waals surface area contributed by atoms with Gasteiger partial charge in [0.1, 0.15) is 36.1 Å². The largest absolute Gasteiger partial charge is 0.488 e. The van der Waals surface area contributed by atoms with Gasteiger partial charge >= 0.3 is 0 Å². The second-order valence-electron chi connectivity index (χ2n) is 11.9. The van der Waals surface area contributed by atoms with Gasteiger partial charge in [0.2, 0.25) is 0 Å². The maximum absolute atomic E-state index is 14.7. The Balaban J connectivity index is 1.17. The van der Waals surface area contributed by atoms with Crippen LogP contribution in [0.1, 0.15) is 46.8 Å². The quantitative estimate of drug-likeness (QED) is 0.176. The summed E-state index contributed by atoms with van der Waals surface area (Å²) in [6.07, 6.45) is 5.27. The lowest BCUT2D eigenvalue weighted by atomic mass is 9.96. The van der Waals surface area contributed by atoms with Crippen LogP contribution in [-0.2, 0) is 29.4 Å². The maximum Gasteiger partial charge on any atom is 0.152 e. The molecule has 0 saturated carbocycles. The summed E-state index contributed by atoms with van der Waals surface area (Å²) in [7, 11) is -2.89. The van der Waals surface area contributed by atoms with Crippen LogP contribution in [0.3, 0.4) is 0 Å². The van der Waals surface area contributed by atoms with Crippen molar-refractivity contribution >= 4 is 21.4 Å². The number of aromatic nitrogens is 1. The molecule has 0 unspecified atom stereocenters. The highest BCUT2D eigenvalue weighted by molar-refractivity contribution is 7.91. The van der Waals surface area contributed by atoms with Crippen LogP contribution in [0.25, 0.3) is 11.1 Å². The minimum absolute atomic E-state index is 0.201. The highest BCUT2D eigenvalue weighted by atomic mass is 35.5. The Bertz CT molecular complexity index is 1880. The molecule has 47 heavy (non-hydrogen) atoms. The van der Waals surface area contributed by atoms with Crippen LogP contribution in [0.15, 0.2) is 73.1 Å². The van der Waals surface area contributed by atoms with Gasteiger partial charge in [0.15, 0.2) is 9.84 Å². The highest BCUT2D eigenvalue weighted by Gasteiger charge is 2.28. The molecule has 2 heterocycles. The number of halogens is 2. The normalized spacial score (nSPS) is 17.2. The second kappa shape index (κ2) is 14.8. The van der Waals surface area contributed by atoms with Gasteiger partial charge in [-0.3, -0.25) is 4.98 Å². The molecule has 0 amide bonds. The summed E-state index contributed by atoms with van der Waals surface area (Å²) in [4.78, 5) is 6.33. The van der Waals surface area contributed by atoms with E-state index in [1.807, 2.05) is 36.4 Å². The number of hydrogen-bond donors (Lipinski definition) is 1. The van der Waals surface area contributed by atoms with Crippen LogP contribution < -0.4 is 14.8 Å². The molecule has 4 aromatic rings. The number of ether oxygens (including phenoxy) is 2. The third kappa shape index (κ3) is 8.11. The van der Waals surface area contributed by atoms with Crippen molar-refractivity contribution in [3.8, 4) is 28.7 Å². The molecule has 3 aromatic carbocycles. The second-order valence-corrected chi connectivity index (χ2v) is 14.6. The molecular weight excluding hydrogens is 639 g/mol. The summed E-state index contributed by atoms with van der Waals surface area (Å²) >= 11 is 6.82. The number of rotatable bonds is 12. The van der Waals surface area contributed by atoms with Gasteiger partial charge in [0.25, 0.3) is 0 Å². The molecule has 1 N–H and O–H groups in total. The molecule has 1 aliphatic heterocycles. The summed E-state index contributed by atoms with van der Waals surface area (Å²) in [5.41, 5.74) is 5.61. The summed E-state index contributed by atoms with van der Waals surface area (Å²) in [5, 5.41) is 13.2. The number of fused-ring (bicyclic) bond motifs is 1. The van der Waals surface area contributed by atoms with Crippen molar-refractivity contribution in [2.45, 2.75) is 38.5 Å². The molecule has 1 atom stereocenters. The Labute approximate surface area is 280 Å². The van der Waals surface area contributed by atoms with E-state index in [0.29, 0.717) is 47.3 Å². The van der Waals surface area contributed by atoms with E-state index in [2.05, 4.69) is 21.3 Å². The molecule has 1 aliphatic carbocycles. The number of nitrogens with one attached hydrogen (secondary N) is 1. The summed E-state index contributed by atoms with van der Waals surface area (Å²) < 4.78 is 50.9. The first-order chi connectivity index (χ1) is 22.8. The van der Waals surface area contributed by atoms with E-state index >= 15 is 0 Å². The Morgan fingerprint density at radius 2 is 1.85 bits per heavy atom. The number of nitriles is 1.